The fraction of sp³-hybridized carbons (Fsp3) is 0.286. The Morgan fingerprint density at radius 2 is 2.22 bits per heavy atom. The van der Waals surface area contributed by atoms with Gasteiger partial charge in [-0.25, -0.2) is 9.97 Å². The number of amides is 1. The maximum atomic E-state index is 12.3. The molecule has 1 aliphatic heterocycles. The number of carbonyl (C=O) groups is 1. The largest absolute Gasteiger partial charge is 0.382 e. The van der Waals surface area contributed by atoms with Gasteiger partial charge in [0.05, 0.1) is 11.7 Å². The van der Waals surface area contributed by atoms with Crippen LogP contribution in [-0.2, 0) is 4.79 Å². The molecule has 0 unspecified atom stereocenters. The molecule has 2 aromatic rings. The van der Waals surface area contributed by atoms with Crippen LogP contribution in [0.5, 0.6) is 0 Å². The second kappa shape index (κ2) is 6.87. The number of carbonyl (C=O) groups excluding carboxylic acids is 1. The predicted molar refractivity (Wildman–Crippen MR) is 107 cm³/mol. The lowest BCUT2D eigenvalue weighted by molar-refractivity contribution is -0.127. The summed E-state index contributed by atoms with van der Waals surface area (Å²) in [5.74, 6) is 1.20. The van der Waals surface area contributed by atoms with Gasteiger partial charge in [0.2, 0.25) is 5.91 Å². The summed E-state index contributed by atoms with van der Waals surface area (Å²) in [6, 6.07) is -0.0891. The molecule has 0 aromatic carbocycles. The third-order valence-electron chi connectivity index (χ3n) is 5.20. The normalized spacial score (nSPS) is 19.7. The van der Waals surface area contributed by atoms with E-state index in [9.17, 15) is 4.79 Å². The topological polar surface area (TPSA) is 76.5 Å². The molecule has 0 bridgehead atoms. The number of allylic oxidation sites excluding steroid dienone is 6. The Labute approximate surface area is 158 Å². The third kappa shape index (κ3) is 2.97. The maximum absolute atomic E-state index is 12.3. The van der Waals surface area contributed by atoms with Crippen LogP contribution in [0, 0.1) is 0 Å². The van der Waals surface area contributed by atoms with Gasteiger partial charge >= 0.3 is 0 Å². The van der Waals surface area contributed by atoms with Crippen molar-refractivity contribution >= 4 is 22.8 Å². The van der Waals surface area contributed by atoms with E-state index >= 15 is 0 Å². The highest BCUT2D eigenvalue weighted by molar-refractivity contribution is 5.89. The number of rotatable bonds is 3. The number of hydrogen-bond donors (Lipinski definition) is 1. The molecule has 0 saturated carbocycles. The van der Waals surface area contributed by atoms with E-state index in [4.69, 9.17) is 10.7 Å². The number of nitrogen functional groups attached to an aromatic ring is 1. The van der Waals surface area contributed by atoms with Crippen molar-refractivity contribution < 1.29 is 4.79 Å². The van der Waals surface area contributed by atoms with Gasteiger partial charge in [-0.15, -0.1) is 0 Å². The van der Waals surface area contributed by atoms with Gasteiger partial charge in [-0.3, -0.25) is 9.20 Å². The summed E-state index contributed by atoms with van der Waals surface area (Å²) < 4.78 is 1.98. The maximum Gasteiger partial charge on any atom is 0.246 e. The number of hydrogen-bond acceptors (Lipinski definition) is 4. The van der Waals surface area contributed by atoms with Crippen LogP contribution in [-0.4, -0.2) is 31.7 Å². The summed E-state index contributed by atoms with van der Waals surface area (Å²) in [5, 5.41) is 0. The minimum Gasteiger partial charge on any atom is -0.382 e. The summed E-state index contributed by atoms with van der Waals surface area (Å²) in [7, 11) is 0. The fourth-order valence-electron chi connectivity index (χ4n) is 3.84. The van der Waals surface area contributed by atoms with E-state index in [0.717, 1.165) is 41.9 Å². The van der Waals surface area contributed by atoms with Gasteiger partial charge in [0, 0.05) is 18.9 Å². The van der Waals surface area contributed by atoms with Gasteiger partial charge in [-0.05, 0) is 37.8 Å². The number of nitrogens with zero attached hydrogens (tertiary/aromatic N) is 4. The van der Waals surface area contributed by atoms with Crippen LogP contribution in [0.1, 0.15) is 43.7 Å². The molecule has 1 fully saturated rings. The Morgan fingerprint density at radius 1 is 1.37 bits per heavy atom. The first-order valence-electron chi connectivity index (χ1n) is 9.21. The molecule has 0 spiro atoms. The molecule has 6 heteroatoms. The standard InChI is InChI=1S/C21H23N5O/c1-3-17(27)25-12-5-8-16(25)21-24-18(15-7-4-6-14(2)9-10-15)19-20(22)23-11-13-26(19)21/h3,6-7,9-11,13,16H,1,4-5,8,12H2,2H3,(H2,22,23)/t16-/m0/s1. The summed E-state index contributed by atoms with van der Waals surface area (Å²) in [6.07, 6.45) is 16.0. The van der Waals surface area contributed by atoms with Crippen molar-refractivity contribution in [2.75, 3.05) is 12.3 Å². The minimum absolute atomic E-state index is 0.0637. The Kier molecular flexibility index (Phi) is 4.39. The van der Waals surface area contributed by atoms with Crippen LogP contribution in [0.25, 0.3) is 11.1 Å². The van der Waals surface area contributed by atoms with Crippen molar-refractivity contribution in [2.24, 2.45) is 0 Å². The lowest BCUT2D eigenvalue weighted by Crippen LogP contribution is -2.29. The minimum atomic E-state index is -0.0891. The molecule has 1 saturated heterocycles. The van der Waals surface area contributed by atoms with Crippen LogP contribution in [0.4, 0.5) is 5.82 Å². The number of likely N-dealkylation sites (tertiary alicyclic amines) is 1. The van der Waals surface area contributed by atoms with E-state index in [2.05, 4.69) is 42.8 Å². The van der Waals surface area contributed by atoms with Gasteiger partial charge in [0.1, 0.15) is 17.2 Å². The van der Waals surface area contributed by atoms with E-state index in [1.807, 2.05) is 15.5 Å². The van der Waals surface area contributed by atoms with Gasteiger partial charge in [-0.2, -0.15) is 0 Å². The first-order valence-corrected chi connectivity index (χ1v) is 9.21. The molecule has 138 valence electrons. The van der Waals surface area contributed by atoms with Crippen molar-refractivity contribution in [1.29, 1.82) is 0 Å². The highest BCUT2D eigenvalue weighted by Gasteiger charge is 2.33. The van der Waals surface area contributed by atoms with Crippen LogP contribution < -0.4 is 5.73 Å². The van der Waals surface area contributed by atoms with E-state index in [1.165, 1.54) is 11.6 Å². The quantitative estimate of drug-likeness (QED) is 0.850. The van der Waals surface area contributed by atoms with Crippen molar-refractivity contribution in [3.8, 4) is 0 Å². The third-order valence-corrected chi connectivity index (χ3v) is 5.20. The summed E-state index contributed by atoms with van der Waals surface area (Å²) >= 11 is 0. The molecule has 2 aliphatic rings. The zero-order valence-electron chi connectivity index (χ0n) is 15.4. The SMILES string of the molecule is C=CC(=O)N1CCC[C@H]1c1nc(C2=CCC=C(C)C=C2)c2c(N)nccn12. The van der Waals surface area contributed by atoms with Gasteiger partial charge in [0.25, 0.3) is 0 Å². The second-order valence-electron chi connectivity index (χ2n) is 6.92. The van der Waals surface area contributed by atoms with E-state index in [0.29, 0.717) is 12.4 Å². The molecule has 2 aromatic heterocycles. The zero-order valence-corrected chi connectivity index (χ0v) is 15.4. The van der Waals surface area contributed by atoms with Gasteiger partial charge < -0.3 is 10.6 Å². The predicted octanol–water partition coefficient (Wildman–Crippen LogP) is 3.45. The van der Waals surface area contributed by atoms with Crippen molar-refractivity contribution in [1.82, 2.24) is 19.3 Å². The fourth-order valence-corrected chi connectivity index (χ4v) is 3.84. The smallest absolute Gasteiger partial charge is 0.246 e. The molecule has 1 amide bonds. The number of fused-ring (bicyclic) bond motifs is 1. The molecule has 27 heavy (non-hydrogen) atoms. The van der Waals surface area contributed by atoms with Crippen molar-refractivity contribution in [3.63, 3.8) is 0 Å². The molecule has 3 heterocycles. The highest BCUT2D eigenvalue weighted by atomic mass is 16.2. The molecular weight excluding hydrogens is 338 g/mol. The molecule has 1 aliphatic carbocycles. The Morgan fingerprint density at radius 3 is 3.04 bits per heavy atom. The van der Waals surface area contributed by atoms with Crippen LogP contribution in [0.3, 0.4) is 0 Å². The zero-order chi connectivity index (χ0) is 19.0. The number of aromatic nitrogens is 3. The lowest BCUT2D eigenvalue weighted by Gasteiger charge is -2.22. The average Bonchev–Trinajstić information content (AvgIpc) is 3.23. The van der Waals surface area contributed by atoms with Crippen LogP contribution >= 0.6 is 0 Å². The number of anilines is 1. The van der Waals surface area contributed by atoms with Crippen LogP contribution in [0.2, 0.25) is 0 Å². The monoisotopic (exact) mass is 361 g/mol. The number of imidazole rings is 1. The van der Waals surface area contributed by atoms with E-state index in [-0.39, 0.29) is 11.9 Å². The molecule has 6 nitrogen and oxygen atoms in total. The van der Waals surface area contributed by atoms with Crippen molar-refractivity contribution in [3.05, 3.63) is 66.4 Å². The summed E-state index contributed by atoms with van der Waals surface area (Å²) in [4.78, 5) is 23.4. The molecule has 4 rings (SSSR count). The summed E-state index contributed by atoms with van der Waals surface area (Å²) in [5.41, 5.74) is 10.1. The first-order chi connectivity index (χ1) is 13.1. The van der Waals surface area contributed by atoms with Crippen molar-refractivity contribution in [2.45, 2.75) is 32.2 Å². The van der Waals surface area contributed by atoms with Crippen LogP contribution in [0.15, 0.2) is 54.9 Å². The second-order valence-corrected chi connectivity index (χ2v) is 6.92. The highest BCUT2D eigenvalue weighted by Crippen LogP contribution is 2.35. The van der Waals surface area contributed by atoms with Gasteiger partial charge in [0.15, 0.2) is 0 Å². The van der Waals surface area contributed by atoms with E-state index < -0.39 is 0 Å². The molecule has 1 atom stereocenters. The number of nitrogens with two attached hydrogens (primary N) is 1. The molecule has 2 N–H and O–H groups in total. The Bertz CT molecular complexity index is 1010. The Balaban J connectivity index is 1.88. The lowest BCUT2D eigenvalue weighted by atomic mass is 10.1. The Hall–Kier alpha value is -3.15. The average molecular weight is 361 g/mol. The van der Waals surface area contributed by atoms with E-state index in [1.54, 1.807) is 6.20 Å². The van der Waals surface area contributed by atoms with Gasteiger partial charge in [-0.1, -0.05) is 36.5 Å². The first kappa shape index (κ1) is 17.3. The molecule has 0 radical (unpaired) electrons. The molecular formula is C21H23N5O. The summed E-state index contributed by atoms with van der Waals surface area (Å²) in [6.45, 7) is 6.43.